The standard InChI is InChI=1S/C17H21N7O/c1-11-12(2)24-15(9-18-11)19-13(21-24)6-7-14-20-16(10-22(14)3)23-8-4-5-17(23)25/h9-10H,4-8H2,1-3H3. The van der Waals surface area contributed by atoms with Crippen LogP contribution in [0.25, 0.3) is 5.65 Å². The highest BCUT2D eigenvalue weighted by Crippen LogP contribution is 2.20. The molecule has 0 bridgehead atoms. The molecule has 130 valence electrons. The number of rotatable bonds is 4. The van der Waals surface area contributed by atoms with Crippen molar-refractivity contribution < 1.29 is 4.79 Å². The van der Waals surface area contributed by atoms with Crippen molar-refractivity contribution in [3.63, 3.8) is 0 Å². The van der Waals surface area contributed by atoms with Gasteiger partial charge in [0.25, 0.3) is 0 Å². The zero-order valence-electron chi connectivity index (χ0n) is 14.7. The van der Waals surface area contributed by atoms with Gasteiger partial charge in [0.1, 0.15) is 5.82 Å². The number of fused-ring (bicyclic) bond motifs is 1. The number of aryl methyl sites for hydroxylation is 5. The molecule has 8 nitrogen and oxygen atoms in total. The molecule has 0 N–H and O–H groups in total. The van der Waals surface area contributed by atoms with E-state index in [4.69, 9.17) is 0 Å². The van der Waals surface area contributed by atoms with E-state index < -0.39 is 0 Å². The smallest absolute Gasteiger partial charge is 0.228 e. The zero-order chi connectivity index (χ0) is 17.6. The van der Waals surface area contributed by atoms with Crippen LogP contribution in [0.4, 0.5) is 5.82 Å². The first-order chi connectivity index (χ1) is 12.0. The maximum atomic E-state index is 11.9. The van der Waals surface area contributed by atoms with Gasteiger partial charge >= 0.3 is 0 Å². The summed E-state index contributed by atoms with van der Waals surface area (Å²) in [5.41, 5.74) is 2.72. The van der Waals surface area contributed by atoms with Crippen LogP contribution in [0.2, 0.25) is 0 Å². The van der Waals surface area contributed by atoms with Crippen molar-refractivity contribution >= 4 is 17.4 Å². The van der Waals surface area contributed by atoms with E-state index in [0.29, 0.717) is 12.8 Å². The predicted molar refractivity (Wildman–Crippen MR) is 92.5 cm³/mol. The first-order valence-electron chi connectivity index (χ1n) is 8.53. The first kappa shape index (κ1) is 15.7. The Kier molecular flexibility index (Phi) is 3.74. The molecule has 8 heteroatoms. The van der Waals surface area contributed by atoms with Gasteiger partial charge < -0.3 is 4.57 Å². The summed E-state index contributed by atoms with van der Waals surface area (Å²) < 4.78 is 3.82. The Morgan fingerprint density at radius 1 is 1.20 bits per heavy atom. The number of anilines is 1. The van der Waals surface area contributed by atoms with Crippen LogP contribution in [-0.4, -0.2) is 41.6 Å². The average Bonchev–Trinajstić information content (AvgIpc) is 3.28. The molecule has 4 heterocycles. The van der Waals surface area contributed by atoms with Gasteiger partial charge in [0, 0.05) is 39.1 Å². The summed E-state index contributed by atoms with van der Waals surface area (Å²) >= 11 is 0. The van der Waals surface area contributed by atoms with Crippen LogP contribution in [0, 0.1) is 13.8 Å². The molecule has 3 aromatic heterocycles. The van der Waals surface area contributed by atoms with Crippen molar-refractivity contribution in [1.29, 1.82) is 0 Å². The van der Waals surface area contributed by atoms with E-state index in [2.05, 4.69) is 20.1 Å². The summed E-state index contributed by atoms with van der Waals surface area (Å²) in [4.78, 5) is 27.2. The summed E-state index contributed by atoms with van der Waals surface area (Å²) in [5, 5.41) is 4.58. The Morgan fingerprint density at radius 2 is 2.04 bits per heavy atom. The highest BCUT2D eigenvalue weighted by molar-refractivity contribution is 5.94. The minimum atomic E-state index is 0.157. The number of imidazole rings is 1. The van der Waals surface area contributed by atoms with Crippen LogP contribution in [0.5, 0.6) is 0 Å². The molecule has 0 atom stereocenters. The second-order valence-electron chi connectivity index (χ2n) is 6.50. The molecule has 0 spiro atoms. The van der Waals surface area contributed by atoms with Crippen LogP contribution < -0.4 is 4.90 Å². The molecule has 25 heavy (non-hydrogen) atoms. The predicted octanol–water partition coefficient (Wildman–Crippen LogP) is 1.39. The number of hydrogen-bond donors (Lipinski definition) is 0. The third kappa shape index (κ3) is 2.77. The molecule has 0 aromatic carbocycles. The second-order valence-corrected chi connectivity index (χ2v) is 6.50. The molecule has 0 saturated carbocycles. The lowest BCUT2D eigenvalue weighted by Gasteiger charge is -2.10. The van der Waals surface area contributed by atoms with Crippen LogP contribution in [0.1, 0.15) is 35.9 Å². The summed E-state index contributed by atoms with van der Waals surface area (Å²) in [7, 11) is 1.96. The van der Waals surface area contributed by atoms with Gasteiger partial charge in [-0.3, -0.25) is 14.7 Å². The number of carbonyl (C=O) groups excluding carboxylic acids is 1. The van der Waals surface area contributed by atoms with Crippen molar-refractivity contribution in [2.24, 2.45) is 7.05 Å². The quantitative estimate of drug-likeness (QED) is 0.717. The molecule has 1 saturated heterocycles. The summed E-state index contributed by atoms with van der Waals surface area (Å²) in [6.45, 7) is 4.71. The van der Waals surface area contributed by atoms with E-state index in [-0.39, 0.29) is 5.91 Å². The van der Waals surface area contributed by atoms with Crippen molar-refractivity contribution in [3.05, 3.63) is 35.4 Å². The normalized spacial score (nSPS) is 14.8. The maximum absolute atomic E-state index is 11.9. The SMILES string of the molecule is Cc1ncc2nc(CCc3nc(N4CCCC4=O)cn3C)nn2c1C. The number of amides is 1. The fourth-order valence-corrected chi connectivity index (χ4v) is 3.17. The van der Waals surface area contributed by atoms with Gasteiger partial charge in [-0.15, -0.1) is 0 Å². The lowest BCUT2D eigenvalue weighted by atomic mass is 10.3. The third-order valence-corrected chi connectivity index (χ3v) is 4.77. The van der Waals surface area contributed by atoms with E-state index in [1.54, 1.807) is 11.1 Å². The maximum Gasteiger partial charge on any atom is 0.228 e. The number of carbonyl (C=O) groups is 1. The third-order valence-electron chi connectivity index (χ3n) is 4.77. The molecule has 1 aliphatic rings. The number of nitrogens with zero attached hydrogens (tertiary/aromatic N) is 7. The fourth-order valence-electron chi connectivity index (χ4n) is 3.17. The number of hydrogen-bond acceptors (Lipinski definition) is 5. The van der Waals surface area contributed by atoms with E-state index in [1.807, 2.05) is 36.2 Å². The van der Waals surface area contributed by atoms with Crippen molar-refractivity contribution in [3.8, 4) is 0 Å². The largest absolute Gasteiger partial charge is 0.336 e. The first-order valence-corrected chi connectivity index (χ1v) is 8.53. The van der Waals surface area contributed by atoms with Crippen LogP contribution in [0.3, 0.4) is 0 Å². The molecule has 0 unspecified atom stereocenters. The lowest BCUT2D eigenvalue weighted by Crippen LogP contribution is -2.23. The Bertz CT molecular complexity index is 955. The van der Waals surface area contributed by atoms with Gasteiger partial charge in [0.15, 0.2) is 17.3 Å². The Balaban J connectivity index is 1.52. The fraction of sp³-hybridized carbons (Fsp3) is 0.471. The van der Waals surface area contributed by atoms with E-state index in [0.717, 1.165) is 53.9 Å². The van der Waals surface area contributed by atoms with Gasteiger partial charge in [-0.25, -0.2) is 14.5 Å². The molecule has 1 aliphatic heterocycles. The summed E-state index contributed by atoms with van der Waals surface area (Å²) in [6.07, 6.45) is 6.61. The minimum Gasteiger partial charge on any atom is -0.336 e. The Labute approximate surface area is 145 Å². The van der Waals surface area contributed by atoms with Crippen molar-refractivity contribution in [2.75, 3.05) is 11.4 Å². The highest BCUT2D eigenvalue weighted by Gasteiger charge is 2.24. The molecule has 0 aliphatic carbocycles. The minimum absolute atomic E-state index is 0.157. The van der Waals surface area contributed by atoms with Crippen LogP contribution >= 0.6 is 0 Å². The van der Waals surface area contributed by atoms with Crippen molar-refractivity contribution in [2.45, 2.75) is 39.5 Å². The van der Waals surface area contributed by atoms with E-state index in [1.165, 1.54) is 0 Å². The topological polar surface area (TPSA) is 81.2 Å². The van der Waals surface area contributed by atoms with E-state index >= 15 is 0 Å². The second kappa shape index (κ2) is 5.94. The van der Waals surface area contributed by atoms with Gasteiger partial charge in [0.2, 0.25) is 5.91 Å². The van der Waals surface area contributed by atoms with E-state index in [9.17, 15) is 4.79 Å². The highest BCUT2D eigenvalue weighted by atomic mass is 16.2. The molecule has 1 amide bonds. The lowest BCUT2D eigenvalue weighted by molar-refractivity contribution is -0.117. The van der Waals surface area contributed by atoms with Gasteiger partial charge in [-0.05, 0) is 20.3 Å². The van der Waals surface area contributed by atoms with Crippen LogP contribution in [0.15, 0.2) is 12.4 Å². The van der Waals surface area contributed by atoms with Crippen molar-refractivity contribution in [1.82, 2.24) is 29.1 Å². The molecule has 4 rings (SSSR count). The Hall–Kier alpha value is -2.77. The molecule has 1 fully saturated rings. The molecule has 0 radical (unpaired) electrons. The molecular weight excluding hydrogens is 318 g/mol. The van der Waals surface area contributed by atoms with Crippen LogP contribution in [-0.2, 0) is 24.7 Å². The average molecular weight is 339 g/mol. The molecule has 3 aromatic rings. The molecular formula is C17H21N7O. The monoisotopic (exact) mass is 339 g/mol. The number of aromatic nitrogens is 6. The Morgan fingerprint density at radius 3 is 2.80 bits per heavy atom. The zero-order valence-corrected chi connectivity index (χ0v) is 14.7. The summed E-state index contributed by atoms with van der Waals surface area (Å²) in [6, 6.07) is 0. The van der Waals surface area contributed by atoms with Gasteiger partial charge in [-0.2, -0.15) is 5.10 Å². The van der Waals surface area contributed by atoms with Gasteiger partial charge in [-0.1, -0.05) is 0 Å². The van der Waals surface area contributed by atoms with Gasteiger partial charge in [0.05, 0.1) is 17.6 Å². The summed E-state index contributed by atoms with van der Waals surface area (Å²) in [5.74, 6) is 2.61.